The lowest BCUT2D eigenvalue weighted by atomic mass is 9.98. The van der Waals surface area contributed by atoms with E-state index in [0.717, 1.165) is 51.1 Å². The minimum absolute atomic E-state index is 0.117. The number of nitrogens with zero attached hydrogens (tertiary/aromatic N) is 2. The topological polar surface area (TPSA) is 118 Å². The highest BCUT2D eigenvalue weighted by Crippen LogP contribution is 2.39. The third-order valence-electron chi connectivity index (χ3n) is 6.57. The minimum Gasteiger partial charge on any atom is -0.465 e. The molecule has 0 bridgehead atoms. The Hall–Kier alpha value is -4.37. The second-order valence-electron chi connectivity index (χ2n) is 9.21. The first-order valence-electron chi connectivity index (χ1n) is 12.4. The first kappa shape index (κ1) is 25.3. The van der Waals surface area contributed by atoms with Crippen LogP contribution in [0.3, 0.4) is 0 Å². The van der Waals surface area contributed by atoms with E-state index in [2.05, 4.69) is 10.3 Å². The average molecular weight is 529 g/mol. The van der Waals surface area contributed by atoms with Gasteiger partial charge in [0, 0.05) is 53.1 Å². The molecule has 4 N–H and O–H groups in total. The molecule has 1 unspecified atom stereocenters. The number of rotatable bonds is 7. The van der Waals surface area contributed by atoms with E-state index in [1.165, 1.54) is 11.0 Å². The molecule has 0 radical (unpaired) electrons. The Morgan fingerprint density at radius 3 is 2.68 bits per heavy atom. The summed E-state index contributed by atoms with van der Waals surface area (Å²) in [5.41, 5.74) is 9.05. The van der Waals surface area contributed by atoms with Crippen LogP contribution in [-0.2, 0) is 4.79 Å². The van der Waals surface area contributed by atoms with E-state index in [1.54, 1.807) is 23.6 Å². The van der Waals surface area contributed by atoms with Gasteiger partial charge in [0.2, 0.25) is 5.91 Å². The number of thiophene rings is 1. The van der Waals surface area contributed by atoms with Crippen LogP contribution in [0.2, 0.25) is 0 Å². The molecule has 0 spiro atoms. The van der Waals surface area contributed by atoms with Crippen LogP contribution in [0.25, 0.3) is 27.3 Å². The third kappa shape index (κ3) is 5.78. The van der Waals surface area contributed by atoms with Gasteiger partial charge in [0.1, 0.15) is 17.3 Å². The Kier molecular flexibility index (Phi) is 7.55. The highest BCUT2D eigenvalue weighted by molar-refractivity contribution is 7.18. The third-order valence-corrected chi connectivity index (χ3v) is 7.59. The maximum absolute atomic E-state index is 12.5. The summed E-state index contributed by atoms with van der Waals surface area (Å²) < 4.78 is 6.85. The van der Waals surface area contributed by atoms with Crippen LogP contribution < -0.4 is 15.8 Å². The summed E-state index contributed by atoms with van der Waals surface area (Å²) >= 11 is 1.55. The van der Waals surface area contributed by atoms with Crippen LogP contribution >= 0.6 is 11.3 Å². The normalized spacial score (nSPS) is 15.6. The number of carbonyl (C=O) groups excluding carboxylic acids is 1. The lowest BCUT2D eigenvalue weighted by Crippen LogP contribution is -2.42. The largest absolute Gasteiger partial charge is 0.465 e. The number of pyridine rings is 1. The molecule has 38 heavy (non-hydrogen) atoms. The van der Waals surface area contributed by atoms with Gasteiger partial charge in [0.25, 0.3) is 0 Å². The van der Waals surface area contributed by atoms with Crippen molar-refractivity contribution in [3.8, 4) is 22.6 Å². The number of hydrogen-bond acceptors (Lipinski definition) is 6. The van der Waals surface area contributed by atoms with Gasteiger partial charge in [-0.25, -0.2) is 9.78 Å². The van der Waals surface area contributed by atoms with Crippen molar-refractivity contribution in [2.45, 2.75) is 12.8 Å². The highest BCUT2D eigenvalue weighted by atomic mass is 32.1. The summed E-state index contributed by atoms with van der Waals surface area (Å²) in [5, 5.41) is 15.0. The van der Waals surface area contributed by atoms with Gasteiger partial charge in [0.05, 0.1) is 0 Å². The number of para-hydroxylation sites is 1. The summed E-state index contributed by atoms with van der Waals surface area (Å²) in [4.78, 5) is 29.5. The lowest BCUT2D eigenvalue weighted by Gasteiger charge is -2.30. The number of carboxylic acid groups (broad SMARTS) is 1. The summed E-state index contributed by atoms with van der Waals surface area (Å²) in [6.07, 6.45) is 5.69. The van der Waals surface area contributed by atoms with Crippen LogP contribution in [0.4, 0.5) is 10.6 Å². The van der Waals surface area contributed by atoms with E-state index < -0.39 is 6.09 Å². The van der Waals surface area contributed by atoms with Crippen molar-refractivity contribution in [2.75, 3.05) is 25.4 Å². The van der Waals surface area contributed by atoms with Gasteiger partial charge >= 0.3 is 6.09 Å². The van der Waals surface area contributed by atoms with Gasteiger partial charge in [-0.2, -0.15) is 0 Å². The first-order chi connectivity index (χ1) is 18.5. The number of nitrogens with two attached hydrogens (primary N) is 1. The average Bonchev–Trinajstić information content (AvgIpc) is 3.39. The Balaban J connectivity index is 1.28. The molecule has 0 aliphatic carbocycles. The monoisotopic (exact) mass is 528 g/mol. The van der Waals surface area contributed by atoms with Crippen molar-refractivity contribution in [3.63, 3.8) is 0 Å². The highest BCUT2D eigenvalue weighted by Gasteiger charge is 2.23. The molecule has 2 aromatic carbocycles. The van der Waals surface area contributed by atoms with Crippen molar-refractivity contribution < 1.29 is 19.4 Å². The SMILES string of the molecule is Nc1ncc(/C=C/C(=O)NCC2CCCN(C(=O)O)C2)c2scc(-c3ccc(Oc4ccccc4)cc3)c12. The molecule has 2 amide bonds. The molecule has 1 fully saturated rings. The van der Waals surface area contributed by atoms with E-state index in [9.17, 15) is 14.7 Å². The molecule has 1 aliphatic heterocycles. The zero-order chi connectivity index (χ0) is 26.5. The summed E-state index contributed by atoms with van der Waals surface area (Å²) in [5.74, 6) is 1.84. The van der Waals surface area contributed by atoms with Gasteiger partial charge in [0.15, 0.2) is 0 Å². The number of piperidine rings is 1. The maximum atomic E-state index is 12.5. The number of nitrogens with one attached hydrogen (secondary N) is 1. The number of nitrogen functional groups attached to an aromatic ring is 1. The van der Waals surface area contributed by atoms with Gasteiger partial charge in [-0.1, -0.05) is 30.3 Å². The number of hydrogen-bond donors (Lipinski definition) is 3. The fourth-order valence-electron chi connectivity index (χ4n) is 4.62. The maximum Gasteiger partial charge on any atom is 0.407 e. The van der Waals surface area contributed by atoms with Crippen LogP contribution in [0.1, 0.15) is 18.4 Å². The molecule has 2 aromatic heterocycles. The molecule has 9 heteroatoms. The molecule has 1 aliphatic rings. The number of ether oxygens (including phenoxy) is 1. The molecule has 4 aromatic rings. The molecule has 5 rings (SSSR count). The smallest absolute Gasteiger partial charge is 0.407 e. The van der Waals surface area contributed by atoms with Gasteiger partial charge in [-0.15, -0.1) is 11.3 Å². The number of likely N-dealkylation sites (tertiary alicyclic amines) is 1. The van der Waals surface area contributed by atoms with Crippen molar-refractivity contribution in [3.05, 3.63) is 77.8 Å². The fourth-order valence-corrected chi connectivity index (χ4v) is 5.70. The summed E-state index contributed by atoms with van der Waals surface area (Å²) in [6, 6.07) is 17.4. The molecule has 194 valence electrons. The Morgan fingerprint density at radius 1 is 1.16 bits per heavy atom. The van der Waals surface area contributed by atoms with Gasteiger partial charge in [-0.05, 0) is 60.0 Å². The Labute approximate surface area is 224 Å². The zero-order valence-corrected chi connectivity index (χ0v) is 21.5. The van der Waals surface area contributed by atoms with E-state index in [-0.39, 0.29) is 11.8 Å². The molecule has 0 saturated carbocycles. The number of benzene rings is 2. The molecule has 3 heterocycles. The van der Waals surface area contributed by atoms with Crippen LogP contribution in [0, 0.1) is 5.92 Å². The van der Waals surface area contributed by atoms with E-state index in [4.69, 9.17) is 10.5 Å². The van der Waals surface area contributed by atoms with Crippen molar-refractivity contribution in [1.29, 1.82) is 0 Å². The predicted molar refractivity (Wildman–Crippen MR) is 150 cm³/mol. The second-order valence-corrected chi connectivity index (χ2v) is 10.1. The number of carbonyl (C=O) groups is 2. The number of aromatic nitrogens is 1. The zero-order valence-electron chi connectivity index (χ0n) is 20.7. The lowest BCUT2D eigenvalue weighted by molar-refractivity contribution is -0.116. The van der Waals surface area contributed by atoms with Crippen LogP contribution in [0.5, 0.6) is 11.5 Å². The van der Waals surface area contributed by atoms with Crippen LogP contribution in [-0.4, -0.2) is 46.6 Å². The van der Waals surface area contributed by atoms with Crippen molar-refractivity contribution in [1.82, 2.24) is 15.2 Å². The van der Waals surface area contributed by atoms with E-state index in [0.29, 0.717) is 25.5 Å². The molecule has 8 nitrogen and oxygen atoms in total. The molecule has 1 saturated heterocycles. The quantitative estimate of drug-likeness (QED) is 0.259. The number of anilines is 1. The predicted octanol–water partition coefficient (Wildman–Crippen LogP) is 5.86. The number of amides is 2. The van der Waals surface area contributed by atoms with Crippen molar-refractivity contribution >= 4 is 45.3 Å². The standard InChI is InChI=1S/C29H28N4O4S/c30-28-26-24(20-8-11-23(12-9-20)37-22-6-2-1-3-7-22)18-38-27(26)21(16-32-28)10-13-25(34)31-15-19-5-4-14-33(17-19)29(35)36/h1-3,6-13,16,18-19H,4-5,14-15,17H2,(H2,30,32)(H,31,34)(H,35,36)/b13-10+. The van der Waals surface area contributed by atoms with Crippen LogP contribution in [0.15, 0.2) is 72.3 Å². The summed E-state index contributed by atoms with van der Waals surface area (Å²) in [7, 11) is 0. The second kappa shape index (κ2) is 11.4. The van der Waals surface area contributed by atoms with Gasteiger partial charge in [-0.3, -0.25) is 4.79 Å². The number of fused-ring (bicyclic) bond motifs is 1. The van der Waals surface area contributed by atoms with Crippen molar-refractivity contribution in [2.24, 2.45) is 5.92 Å². The molecular weight excluding hydrogens is 500 g/mol. The fraction of sp³-hybridized carbons (Fsp3) is 0.207. The molecular formula is C29H28N4O4S. The Morgan fingerprint density at radius 2 is 1.92 bits per heavy atom. The molecule has 1 atom stereocenters. The van der Waals surface area contributed by atoms with E-state index >= 15 is 0 Å². The minimum atomic E-state index is -0.910. The van der Waals surface area contributed by atoms with Gasteiger partial charge < -0.3 is 25.8 Å². The first-order valence-corrected chi connectivity index (χ1v) is 13.3. The summed E-state index contributed by atoms with van der Waals surface area (Å²) in [6.45, 7) is 1.43. The van der Waals surface area contributed by atoms with E-state index in [1.807, 2.05) is 60.0 Å². The Bertz CT molecular complexity index is 1470.